The van der Waals surface area contributed by atoms with E-state index in [4.69, 9.17) is 5.73 Å². The summed E-state index contributed by atoms with van der Waals surface area (Å²) in [6.45, 7) is 0.339. The number of anilines is 1. The molecule has 3 saturated heterocycles. The number of nitrogens with two attached hydrogens (primary N) is 1. The summed E-state index contributed by atoms with van der Waals surface area (Å²) in [5, 5.41) is 9.73. The van der Waals surface area contributed by atoms with E-state index in [0.29, 0.717) is 24.7 Å². The van der Waals surface area contributed by atoms with Gasteiger partial charge < -0.3 is 20.3 Å². The molecule has 1 aromatic heterocycles. The number of carboxylic acids is 1. The van der Waals surface area contributed by atoms with E-state index in [2.05, 4.69) is 9.88 Å². The topological polar surface area (TPSA) is 105 Å². The molecule has 7 atom stereocenters. The quantitative estimate of drug-likeness (QED) is 0.631. The molecule has 2 aliphatic carbocycles. The number of benzene rings is 1. The molecule has 204 valence electrons. The number of fused-ring (bicyclic) bond motifs is 5. The van der Waals surface area contributed by atoms with E-state index in [-0.39, 0.29) is 17.4 Å². The minimum absolute atomic E-state index is 0.102. The second-order valence-corrected chi connectivity index (χ2v) is 12.9. The fraction of sp³-hybridized carbons (Fsp3) is 0.700. The molecule has 7 rings (SSSR count). The van der Waals surface area contributed by atoms with Crippen LogP contribution >= 0.6 is 0 Å². The van der Waals surface area contributed by atoms with E-state index in [1.807, 2.05) is 28.8 Å². The summed E-state index contributed by atoms with van der Waals surface area (Å²) in [6.07, 6.45) is 15.5. The average Bonchev–Trinajstić information content (AvgIpc) is 3.05. The van der Waals surface area contributed by atoms with Crippen molar-refractivity contribution in [1.82, 2.24) is 14.5 Å². The van der Waals surface area contributed by atoms with Crippen LogP contribution in [0.25, 0.3) is 11.0 Å². The number of hydrogen-bond donors (Lipinski definition) is 2. The van der Waals surface area contributed by atoms with Gasteiger partial charge in [0.15, 0.2) is 5.82 Å². The van der Waals surface area contributed by atoms with Crippen molar-refractivity contribution in [2.24, 2.45) is 17.6 Å². The predicted molar refractivity (Wildman–Crippen MR) is 147 cm³/mol. The Bertz CT molecular complexity index is 1250. The number of aromatic nitrogens is 2. The lowest BCUT2D eigenvalue weighted by Crippen LogP contribution is -2.69. The van der Waals surface area contributed by atoms with E-state index in [0.717, 1.165) is 35.7 Å². The van der Waals surface area contributed by atoms with Crippen molar-refractivity contribution in [2.45, 2.75) is 113 Å². The maximum atomic E-state index is 14.1. The first-order valence-corrected chi connectivity index (χ1v) is 15.0. The van der Waals surface area contributed by atoms with Gasteiger partial charge in [0.25, 0.3) is 5.56 Å². The molecule has 3 aliphatic heterocycles. The summed E-state index contributed by atoms with van der Waals surface area (Å²) in [5.74, 6) is 1.04. The Morgan fingerprint density at radius 2 is 1.55 bits per heavy atom. The normalized spacial score (nSPS) is 37.4. The highest BCUT2D eigenvalue weighted by Crippen LogP contribution is 2.47. The second-order valence-electron chi connectivity index (χ2n) is 12.9. The molecule has 38 heavy (non-hydrogen) atoms. The predicted octanol–water partition coefficient (Wildman–Crippen LogP) is 3.91. The molecule has 4 heterocycles. The molecular weight excluding hydrogens is 478 g/mol. The zero-order valence-electron chi connectivity index (χ0n) is 22.3. The number of nitrogens with zero attached hydrogens (tertiary/aromatic N) is 4. The molecular formula is C30H41N5O3. The van der Waals surface area contributed by atoms with Gasteiger partial charge in [-0.1, -0.05) is 44.2 Å². The van der Waals surface area contributed by atoms with Gasteiger partial charge in [0.2, 0.25) is 0 Å². The van der Waals surface area contributed by atoms with Crippen LogP contribution in [0.15, 0.2) is 29.1 Å². The third-order valence-electron chi connectivity index (χ3n) is 10.6. The van der Waals surface area contributed by atoms with Crippen LogP contribution in [0.4, 0.5) is 5.82 Å². The molecule has 0 amide bonds. The molecule has 5 fully saturated rings. The zero-order valence-corrected chi connectivity index (χ0v) is 22.3. The highest BCUT2D eigenvalue weighted by Gasteiger charge is 2.47. The van der Waals surface area contributed by atoms with Gasteiger partial charge in [0, 0.05) is 30.7 Å². The molecule has 2 unspecified atom stereocenters. The lowest BCUT2D eigenvalue weighted by atomic mass is 9.73. The van der Waals surface area contributed by atoms with Crippen LogP contribution in [0, 0.1) is 11.8 Å². The third kappa shape index (κ3) is 4.06. The fourth-order valence-electron chi connectivity index (χ4n) is 9.07. The number of hydrogen-bond acceptors (Lipinski definition) is 6. The van der Waals surface area contributed by atoms with Crippen molar-refractivity contribution in [3.8, 4) is 0 Å². The lowest BCUT2D eigenvalue weighted by molar-refractivity contribution is -0.140. The van der Waals surface area contributed by atoms with E-state index in [1.54, 1.807) is 4.90 Å². The van der Waals surface area contributed by atoms with Gasteiger partial charge in [-0.3, -0.25) is 9.69 Å². The molecule has 8 heteroatoms. The SMILES string of the molecule is N[C@@H]1CN(c2nc3ccccc3n([C@H]3C[C@H]4CCC[C@@H](C3)N4C3CC4CCCCC(C4)C3)c2=O)[C@@H]1C(=O)O. The maximum absolute atomic E-state index is 14.1. The minimum Gasteiger partial charge on any atom is -0.480 e. The largest absolute Gasteiger partial charge is 0.480 e. The Balaban J connectivity index is 1.22. The Kier molecular flexibility index (Phi) is 6.23. The molecule has 2 saturated carbocycles. The van der Waals surface area contributed by atoms with Crippen LogP contribution in [0.5, 0.6) is 0 Å². The van der Waals surface area contributed by atoms with Crippen molar-refractivity contribution in [2.75, 3.05) is 11.4 Å². The Morgan fingerprint density at radius 3 is 2.21 bits per heavy atom. The van der Waals surface area contributed by atoms with E-state index in [9.17, 15) is 14.7 Å². The maximum Gasteiger partial charge on any atom is 0.328 e. The average molecular weight is 520 g/mol. The summed E-state index contributed by atoms with van der Waals surface area (Å²) >= 11 is 0. The Morgan fingerprint density at radius 1 is 0.868 bits per heavy atom. The standard InChI is InChI=1S/C30H41N5O3/c31-24-17-33(27(24)30(37)38)28-29(36)35(26-11-4-3-10-25(26)32-28)23-15-20-8-5-9-21(16-23)34(20)22-13-18-6-1-2-7-19(12-18)14-22/h3-4,10-11,18-24,27H,1-2,5-9,12-17,31H2,(H,37,38)/t18?,19?,20-,21+,22?,23+,24-,27+/m1/s1. The first-order chi connectivity index (χ1) is 18.5. The van der Waals surface area contributed by atoms with E-state index in [1.165, 1.54) is 64.2 Å². The number of carboxylic acid groups (broad SMARTS) is 1. The monoisotopic (exact) mass is 519 g/mol. The van der Waals surface area contributed by atoms with Gasteiger partial charge in [-0.15, -0.1) is 0 Å². The van der Waals surface area contributed by atoms with Crippen molar-refractivity contribution in [3.63, 3.8) is 0 Å². The molecule has 5 aliphatic rings. The van der Waals surface area contributed by atoms with Crippen LogP contribution in [0.2, 0.25) is 0 Å². The number of para-hydroxylation sites is 2. The molecule has 8 nitrogen and oxygen atoms in total. The van der Waals surface area contributed by atoms with Crippen LogP contribution in [0.1, 0.15) is 83.1 Å². The van der Waals surface area contributed by atoms with E-state index < -0.39 is 18.1 Å². The number of aliphatic carboxylic acids is 1. The zero-order chi connectivity index (χ0) is 26.0. The number of carbonyl (C=O) groups is 1. The Labute approximate surface area is 224 Å². The first kappa shape index (κ1) is 24.6. The van der Waals surface area contributed by atoms with E-state index >= 15 is 0 Å². The molecule has 3 N–H and O–H groups in total. The smallest absolute Gasteiger partial charge is 0.328 e. The van der Waals surface area contributed by atoms with Crippen molar-refractivity contribution >= 4 is 22.8 Å². The molecule has 0 radical (unpaired) electrons. The molecule has 1 aromatic carbocycles. The summed E-state index contributed by atoms with van der Waals surface area (Å²) < 4.78 is 1.98. The molecule has 0 spiro atoms. The summed E-state index contributed by atoms with van der Waals surface area (Å²) in [5.41, 5.74) is 7.46. The van der Waals surface area contributed by atoms with Crippen molar-refractivity contribution in [1.29, 1.82) is 0 Å². The second kappa shape index (κ2) is 9.63. The third-order valence-corrected chi connectivity index (χ3v) is 10.6. The highest BCUT2D eigenvalue weighted by atomic mass is 16.4. The number of rotatable bonds is 4. The molecule has 4 bridgehead atoms. The molecule has 2 aromatic rings. The first-order valence-electron chi connectivity index (χ1n) is 15.0. The van der Waals surface area contributed by atoms with Crippen molar-refractivity contribution in [3.05, 3.63) is 34.6 Å². The van der Waals surface area contributed by atoms with Gasteiger partial charge in [-0.05, 0) is 68.9 Å². The van der Waals surface area contributed by atoms with Crippen LogP contribution in [-0.4, -0.2) is 62.3 Å². The van der Waals surface area contributed by atoms with Gasteiger partial charge >= 0.3 is 5.97 Å². The summed E-state index contributed by atoms with van der Waals surface area (Å²) in [4.78, 5) is 35.2. The van der Waals surface area contributed by atoms with Gasteiger partial charge in [-0.2, -0.15) is 0 Å². The van der Waals surface area contributed by atoms with Gasteiger partial charge in [0.05, 0.1) is 17.1 Å². The van der Waals surface area contributed by atoms with Crippen LogP contribution < -0.4 is 16.2 Å². The minimum atomic E-state index is -0.999. The van der Waals surface area contributed by atoms with Gasteiger partial charge in [-0.25, -0.2) is 9.78 Å². The number of piperidine rings is 2. The highest BCUT2D eigenvalue weighted by molar-refractivity contribution is 5.83. The van der Waals surface area contributed by atoms with Gasteiger partial charge in [0.1, 0.15) is 6.04 Å². The fourth-order valence-corrected chi connectivity index (χ4v) is 9.07. The van der Waals surface area contributed by atoms with Crippen molar-refractivity contribution < 1.29 is 9.90 Å². The van der Waals surface area contributed by atoms with Crippen LogP contribution in [0.3, 0.4) is 0 Å². The summed E-state index contributed by atoms with van der Waals surface area (Å²) in [7, 11) is 0. The lowest BCUT2D eigenvalue weighted by Gasteiger charge is -2.54. The summed E-state index contributed by atoms with van der Waals surface area (Å²) in [6, 6.07) is 8.29. The van der Waals surface area contributed by atoms with Crippen LogP contribution in [-0.2, 0) is 4.79 Å². The Hall–Kier alpha value is -2.45.